The molecule has 0 saturated carbocycles. The molecule has 0 bridgehead atoms. The number of β-lactam (4-membered cyclic amide) rings is 1. The van der Waals surface area contributed by atoms with Gasteiger partial charge >= 0.3 is 41.5 Å². The third-order valence-corrected chi connectivity index (χ3v) is 6.03. The number of aromatic nitrogens is 1. The SMILES string of the molecule is C=CC1=C(C(=O)O)N2C(=O)C(NC(=O)/C(=N\OCC(=O)O)c3csc(N)n3)C2SC1.O=P([O-])(O)O.[Na+]. The quantitative estimate of drug-likeness (QED) is 0.0559. The van der Waals surface area contributed by atoms with Crippen molar-refractivity contribution in [2.24, 2.45) is 5.16 Å². The molecule has 1 saturated heterocycles. The molecule has 7 N–H and O–H groups in total. The molecule has 2 aliphatic heterocycles. The first-order chi connectivity index (χ1) is 16.2. The smallest absolute Gasteiger partial charge is 0.756 e. The van der Waals surface area contributed by atoms with Gasteiger partial charge in [-0.2, -0.15) is 0 Å². The van der Waals surface area contributed by atoms with Gasteiger partial charge in [-0.25, -0.2) is 14.6 Å². The molecule has 190 valence electrons. The normalized spacial score (nSPS) is 19.0. The van der Waals surface area contributed by atoms with Crippen LogP contribution in [0.2, 0.25) is 0 Å². The van der Waals surface area contributed by atoms with Gasteiger partial charge in [0.05, 0.1) is 0 Å². The number of carboxylic acids is 2. The van der Waals surface area contributed by atoms with Crippen LogP contribution in [-0.2, 0) is 28.6 Å². The van der Waals surface area contributed by atoms with Gasteiger partial charge in [0, 0.05) is 11.1 Å². The Labute approximate surface area is 232 Å². The third kappa shape index (κ3) is 8.39. The number of anilines is 1. The van der Waals surface area contributed by atoms with E-state index in [1.165, 1.54) is 23.2 Å². The Hall–Kier alpha value is -2.28. The zero-order valence-electron chi connectivity index (χ0n) is 18.3. The summed E-state index contributed by atoms with van der Waals surface area (Å²) in [5.74, 6) is -3.72. The number of allylic oxidation sites excluding steroid dienone is 1. The third-order valence-electron chi connectivity index (χ3n) is 4.06. The van der Waals surface area contributed by atoms with Gasteiger partial charge in [-0.05, 0) is 5.57 Å². The van der Waals surface area contributed by atoms with Crippen LogP contribution in [0.3, 0.4) is 0 Å². The molecule has 2 aliphatic rings. The van der Waals surface area contributed by atoms with E-state index in [-0.39, 0.29) is 51.8 Å². The van der Waals surface area contributed by atoms with Crippen molar-refractivity contribution in [2.45, 2.75) is 11.4 Å². The van der Waals surface area contributed by atoms with E-state index in [1.807, 2.05) is 0 Å². The predicted octanol–water partition coefficient (Wildman–Crippen LogP) is -5.10. The number of fused-ring (bicyclic) bond motifs is 1. The number of rotatable bonds is 8. The van der Waals surface area contributed by atoms with Crippen LogP contribution in [-0.4, -0.2) is 83.1 Å². The second-order valence-electron chi connectivity index (χ2n) is 6.41. The van der Waals surface area contributed by atoms with Gasteiger partial charge in [-0.1, -0.05) is 17.8 Å². The van der Waals surface area contributed by atoms with Crippen molar-refractivity contribution in [1.29, 1.82) is 0 Å². The molecule has 1 aromatic heterocycles. The molecule has 1 aromatic rings. The predicted molar refractivity (Wildman–Crippen MR) is 119 cm³/mol. The minimum Gasteiger partial charge on any atom is -0.756 e. The summed E-state index contributed by atoms with van der Waals surface area (Å²) in [6.07, 6.45) is 1.38. The van der Waals surface area contributed by atoms with Crippen molar-refractivity contribution in [2.75, 3.05) is 18.1 Å². The number of phosphoric acid groups is 1. The molecule has 3 heterocycles. The molecule has 0 aliphatic carbocycles. The Morgan fingerprint density at radius 2 is 2.03 bits per heavy atom. The van der Waals surface area contributed by atoms with E-state index in [0.717, 1.165) is 16.2 Å². The first-order valence-electron chi connectivity index (χ1n) is 8.98. The summed E-state index contributed by atoms with van der Waals surface area (Å²) in [5, 5.41) is 25.0. The molecule has 2 amide bonds. The summed E-state index contributed by atoms with van der Waals surface area (Å²) >= 11 is 2.30. The number of thioether (sulfide) groups is 1. The average Bonchev–Trinajstić information content (AvgIpc) is 3.17. The van der Waals surface area contributed by atoms with Crippen LogP contribution in [0.1, 0.15) is 5.69 Å². The number of hydrogen-bond acceptors (Lipinski definition) is 12. The van der Waals surface area contributed by atoms with Crippen molar-refractivity contribution in [3.05, 3.63) is 35.0 Å². The van der Waals surface area contributed by atoms with Crippen molar-refractivity contribution in [3.63, 3.8) is 0 Å². The van der Waals surface area contributed by atoms with Crippen molar-refractivity contribution >= 4 is 65.5 Å². The molecule has 3 rings (SSSR count). The number of carboxylic acid groups (broad SMARTS) is 2. The van der Waals surface area contributed by atoms with Crippen LogP contribution in [0.4, 0.5) is 5.13 Å². The molecule has 0 radical (unpaired) electrons. The van der Waals surface area contributed by atoms with Crippen molar-refractivity contribution in [3.8, 4) is 0 Å². The van der Waals surface area contributed by atoms with Crippen LogP contribution in [0.15, 0.2) is 34.5 Å². The van der Waals surface area contributed by atoms with E-state index in [9.17, 15) is 24.3 Å². The molecular weight excluding hydrogens is 556 g/mol. The summed E-state index contributed by atoms with van der Waals surface area (Å²) in [6.45, 7) is 2.77. The standard InChI is InChI=1S/C16H15N5O7S2.Na.H3O4P/c1-2-6-4-29-14-10(13(25)21(14)11(6)15(26)27)19-12(24)9(20-28-3-8(22)23)7-5-30-16(17)18-7;;1-5(2,3)4/h2,5,10,14H,1,3-4H2,(H2,17,18)(H,19,24)(H,22,23)(H,26,27);;(H3,1,2,3,4)/q;+1;/p-1/b20-9-;;. The monoisotopic (exact) mass is 573 g/mol. The summed E-state index contributed by atoms with van der Waals surface area (Å²) < 4.78 is 8.77. The first kappa shape index (κ1) is 31.7. The fraction of sp³-hybridized carbons (Fsp3) is 0.250. The molecule has 16 nitrogen and oxygen atoms in total. The fourth-order valence-corrected chi connectivity index (χ4v) is 4.65. The molecular formula is C16H17N5NaO11PS2. The van der Waals surface area contributed by atoms with Gasteiger partial charge in [-0.3, -0.25) is 19.1 Å². The summed E-state index contributed by atoms with van der Waals surface area (Å²) in [5.41, 5.74) is 5.48. The van der Waals surface area contributed by atoms with E-state index in [2.05, 4.69) is 26.9 Å². The van der Waals surface area contributed by atoms with E-state index in [4.69, 9.17) is 30.1 Å². The van der Waals surface area contributed by atoms with E-state index >= 15 is 0 Å². The molecule has 20 heteroatoms. The summed E-state index contributed by atoms with van der Waals surface area (Å²) in [6, 6.07) is -1.01. The molecule has 2 unspecified atom stereocenters. The fourth-order valence-electron chi connectivity index (χ4n) is 2.76. The minimum atomic E-state index is -4.89. The van der Waals surface area contributed by atoms with E-state index in [1.54, 1.807) is 0 Å². The van der Waals surface area contributed by atoms with Gasteiger partial charge in [0.2, 0.25) is 6.61 Å². The number of carbonyl (C=O) groups excluding carboxylic acids is 2. The number of thiazole rings is 1. The van der Waals surface area contributed by atoms with Crippen LogP contribution in [0, 0.1) is 0 Å². The second-order valence-corrected chi connectivity index (χ2v) is 9.39. The van der Waals surface area contributed by atoms with Crippen LogP contribution in [0.5, 0.6) is 0 Å². The molecule has 0 aromatic carbocycles. The number of carbonyl (C=O) groups is 4. The first-order valence-corrected chi connectivity index (χ1v) is 12.4. The molecule has 0 spiro atoms. The van der Waals surface area contributed by atoms with Crippen LogP contribution < -0.4 is 45.5 Å². The number of amides is 2. The van der Waals surface area contributed by atoms with Crippen LogP contribution >= 0.6 is 30.9 Å². The van der Waals surface area contributed by atoms with Gasteiger partial charge in [0.1, 0.15) is 22.8 Å². The number of nitrogens with one attached hydrogen (secondary N) is 1. The molecule has 36 heavy (non-hydrogen) atoms. The number of aliphatic carboxylic acids is 2. The number of nitrogens with zero attached hydrogens (tertiary/aromatic N) is 3. The Balaban J connectivity index is 0.000000983. The summed E-state index contributed by atoms with van der Waals surface area (Å²) in [4.78, 5) is 80.0. The summed E-state index contributed by atoms with van der Waals surface area (Å²) in [7, 11) is -4.89. The minimum absolute atomic E-state index is 0. The number of nitrogens with two attached hydrogens (primary N) is 1. The average molecular weight is 573 g/mol. The zero-order chi connectivity index (χ0) is 26.5. The Bertz CT molecular complexity index is 1160. The maximum atomic E-state index is 12.7. The zero-order valence-corrected chi connectivity index (χ0v) is 22.8. The molecule has 2 atom stereocenters. The van der Waals surface area contributed by atoms with E-state index in [0.29, 0.717) is 11.3 Å². The topological polar surface area (TPSA) is 265 Å². The largest absolute Gasteiger partial charge is 1.00 e. The van der Waals surface area contributed by atoms with Crippen LogP contribution in [0.25, 0.3) is 0 Å². The Morgan fingerprint density at radius 1 is 1.42 bits per heavy atom. The molecule has 1 fully saturated rings. The van der Waals surface area contributed by atoms with Gasteiger partial charge < -0.3 is 40.8 Å². The maximum absolute atomic E-state index is 12.7. The second kappa shape index (κ2) is 13.3. The van der Waals surface area contributed by atoms with Gasteiger partial charge in [0.25, 0.3) is 19.6 Å². The maximum Gasteiger partial charge on any atom is 1.00 e. The van der Waals surface area contributed by atoms with Gasteiger partial charge in [-0.15, -0.1) is 23.1 Å². The number of nitrogen functional groups attached to an aromatic ring is 1. The van der Waals surface area contributed by atoms with E-state index < -0.39 is 49.6 Å². The number of hydrogen-bond donors (Lipinski definition) is 6. The van der Waals surface area contributed by atoms with Crippen molar-refractivity contribution in [1.82, 2.24) is 15.2 Å². The van der Waals surface area contributed by atoms with Gasteiger partial charge in [0.15, 0.2) is 10.8 Å². The van der Waals surface area contributed by atoms with Crippen molar-refractivity contribution < 1.29 is 83.0 Å². The Kier molecular flexibility index (Phi) is 11.7. The number of oxime groups is 1. The Morgan fingerprint density at radius 3 is 2.50 bits per heavy atom.